The largest absolute Gasteiger partial charge is 0.497 e. The number of nitrogens with zero attached hydrogens (tertiary/aromatic N) is 3. The maximum atomic E-state index is 12.3. The van der Waals surface area contributed by atoms with E-state index in [2.05, 4.69) is 15.0 Å². The van der Waals surface area contributed by atoms with Crippen molar-refractivity contribution in [2.75, 3.05) is 20.7 Å². The molecule has 25 heavy (non-hydrogen) atoms. The molecule has 1 amide bonds. The molecule has 0 atom stereocenters. The monoisotopic (exact) mass is 358 g/mol. The zero-order valence-corrected chi connectivity index (χ0v) is 15.5. The fourth-order valence-electron chi connectivity index (χ4n) is 2.66. The topological polar surface area (TPSA) is 71.1 Å². The van der Waals surface area contributed by atoms with Crippen LogP contribution in [0.5, 0.6) is 5.75 Å². The minimum Gasteiger partial charge on any atom is -0.497 e. The minimum atomic E-state index is 0.144. The third-order valence-corrected chi connectivity index (χ3v) is 5.25. The van der Waals surface area contributed by atoms with Gasteiger partial charge in [-0.25, -0.2) is 9.97 Å². The smallest absolute Gasteiger partial charge is 0.222 e. The van der Waals surface area contributed by atoms with Crippen LogP contribution in [0.1, 0.15) is 22.8 Å². The summed E-state index contributed by atoms with van der Waals surface area (Å²) >= 11 is 1.61. The zero-order chi connectivity index (χ0) is 17.8. The van der Waals surface area contributed by atoms with Gasteiger partial charge in [-0.15, -0.1) is 11.3 Å². The number of aromatic amines is 1. The van der Waals surface area contributed by atoms with Crippen molar-refractivity contribution in [2.45, 2.75) is 26.2 Å². The van der Waals surface area contributed by atoms with Gasteiger partial charge in [0.1, 0.15) is 11.6 Å². The molecule has 0 bridgehead atoms. The maximum absolute atomic E-state index is 12.3. The van der Waals surface area contributed by atoms with Gasteiger partial charge in [-0.2, -0.15) is 0 Å². The van der Waals surface area contributed by atoms with E-state index in [4.69, 9.17) is 4.74 Å². The van der Waals surface area contributed by atoms with Gasteiger partial charge in [0.05, 0.1) is 29.3 Å². The van der Waals surface area contributed by atoms with Gasteiger partial charge in [0.25, 0.3) is 0 Å². The molecular formula is C18H22N4O2S. The number of likely N-dealkylation sites (N-methyl/N-ethyl adjacent to an activating group) is 1. The molecule has 0 unspecified atom stereocenters. The highest BCUT2D eigenvalue weighted by atomic mass is 32.1. The molecule has 1 aromatic carbocycles. The molecule has 0 spiro atoms. The lowest BCUT2D eigenvalue weighted by atomic mass is 10.2. The number of nitrogens with one attached hydrogen (secondary N) is 1. The lowest BCUT2D eigenvalue weighted by Gasteiger charge is -2.16. The van der Waals surface area contributed by atoms with Crippen LogP contribution in [-0.4, -0.2) is 46.5 Å². The fourth-order valence-corrected chi connectivity index (χ4v) is 3.44. The highest BCUT2D eigenvalue weighted by Crippen LogP contribution is 2.19. The molecule has 3 aromatic rings. The number of amides is 1. The van der Waals surface area contributed by atoms with E-state index in [1.54, 1.807) is 23.3 Å². The van der Waals surface area contributed by atoms with Crippen molar-refractivity contribution in [1.82, 2.24) is 19.9 Å². The summed E-state index contributed by atoms with van der Waals surface area (Å²) in [6.45, 7) is 2.62. The first-order valence-corrected chi connectivity index (χ1v) is 9.10. The number of fused-ring (bicyclic) bond motifs is 1. The molecule has 7 heteroatoms. The Morgan fingerprint density at radius 1 is 1.36 bits per heavy atom. The van der Waals surface area contributed by atoms with E-state index in [1.807, 2.05) is 37.7 Å². The molecule has 3 rings (SSSR count). The number of imidazole rings is 1. The highest BCUT2D eigenvalue weighted by Gasteiger charge is 2.12. The number of carbonyl (C=O) groups excluding carboxylic acids is 1. The van der Waals surface area contributed by atoms with E-state index in [-0.39, 0.29) is 5.91 Å². The Balaban J connectivity index is 1.53. The van der Waals surface area contributed by atoms with Crippen LogP contribution in [0.2, 0.25) is 0 Å². The van der Waals surface area contributed by atoms with E-state index < -0.39 is 0 Å². The van der Waals surface area contributed by atoms with Crippen molar-refractivity contribution < 1.29 is 9.53 Å². The van der Waals surface area contributed by atoms with Crippen molar-refractivity contribution >= 4 is 28.3 Å². The van der Waals surface area contributed by atoms with Crippen molar-refractivity contribution in [3.05, 3.63) is 40.1 Å². The second kappa shape index (κ2) is 7.65. The molecule has 0 aliphatic heterocycles. The molecule has 0 radical (unpaired) electrons. The van der Waals surface area contributed by atoms with E-state index in [1.165, 1.54) is 4.88 Å². The Kier molecular flexibility index (Phi) is 5.33. The average Bonchev–Trinajstić information content (AvgIpc) is 3.22. The summed E-state index contributed by atoms with van der Waals surface area (Å²) in [5.74, 6) is 1.82. The number of aryl methyl sites for hydroxylation is 2. The number of hydrogen-bond acceptors (Lipinski definition) is 5. The molecule has 0 fully saturated rings. The van der Waals surface area contributed by atoms with Crippen LogP contribution in [0, 0.1) is 6.92 Å². The summed E-state index contributed by atoms with van der Waals surface area (Å²) in [4.78, 5) is 27.3. The summed E-state index contributed by atoms with van der Waals surface area (Å²) in [5.41, 5.74) is 4.71. The molecule has 1 N–H and O–H groups in total. The number of hydrogen-bond donors (Lipinski definition) is 1. The van der Waals surface area contributed by atoms with Crippen LogP contribution in [0.25, 0.3) is 11.0 Å². The van der Waals surface area contributed by atoms with Crippen LogP contribution in [0.3, 0.4) is 0 Å². The van der Waals surface area contributed by atoms with E-state index in [0.717, 1.165) is 34.7 Å². The number of thiazole rings is 1. The zero-order valence-electron chi connectivity index (χ0n) is 14.7. The summed E-state index contributed by atoms with van der Waals surface area (Å²) in [5, 5.41) is 0. The van der Waals surface area contributed by atoms with Gasteiger partial charge >= 0.3 is 0 Å². The normalized spacial score (nSPS) is 11.0. The summed E-state index contributed by atoms with van der Waals surface area (Å²) in [6, 6.07) is 5.75. The quantitative estimate of drug-likeness (QED) is 0.705. The Hall–Kier alpha value is -2.41. The van der Waals surface area contributed by atoms with Gasteiger partial charge in [0.15, 0.2) is 0 Å². The number of aromatic nitrogens is 3. The SMILES string of the molecule is COc1ccc2nc(CCN(C)C(=O)CCc3scnc3C)[nH]c2c1. The van der Waals surface area contributed by atoms with E-state index >= 15 is 0 Å². The van der Waals surface area contributed by atoms with E-state index in [0.29, 0.717) is 19.4 Å². The molecule has 6 nitrogen and oxygen atoms in total. The summed E-state index contributed by atoms with van der Waals surface area (Å²) in [7, 11) is 3.49. The third-order valence-electron chi connectivity index (χ3n) is 4.26. The molecule has 132 valence electrons. The first-order chi connectivity index (χ1) is 12.1. The predicted octanol–water partition coefficient (Wildman–Crippen LogP) is 2.97. The maximum Gasteiger partial charge on any atom is 0.222 e. The number of ether oxygens (including phenoxy) is 1. The van der Waals surface area contributed by atoms with Crippen LogP contribution in [0.15, 0.2) is 23.7 Å². The number of methoxy groups -OCH3 is 1. The average molecular weight is 358 g/mol. The van der Waals surface area contributed by atoms with Crippen LogP contribution in [0.4, 0.5) is 0 Å². The van der Waals surface area contributed by atoms with Gasteiger partial charge in [0.2, 0.25) is 5.91 Å². The van der Waals surface area contributed by atoms with Crippen molar-refractivity contribution in [3.8, 4) is 5.75 Å². The Bertz CT molecular complexity index is 871. The Morgan fingerprint density at radius 2 is 2.20 bits per heavy atom. The first-order valence-electron chi connectivity index (χ1n) is 8.22. The van der Waals surface area contributed by atoms with Crippen LogP contribution >= 0.6 is 11.3 Å². The Morgan fingerprint density at radius 3 is 2.92 bits per heavy atom. The molecule has 2 heterocycles. The second-order valence-corrected chi connectivity index (χ2v) is 6.93. The summed E-state index contributed by atoms with van der Waals surface area (Å²) < 4.78 is 5.22. The molecule has 0 saturated heterocycles. The number of benzene rings is 1. The van der Waals surface area contributed by atoms with Gasteiger partial charge in [-0.3, -0.25) is 4.79 Å². The lowest BCUT2D eigenvalue weighted by Crippen LogP contribution is -2.29. The molecule has 0 aliphatic carbocycles. The van der Waals surface area contributed by atoms with Gasteiger partial charge in [-0.05, 0) is 25.5 Å². The molecule has 0 aliphatic rings. The minimum absolute atomic E-state index is 0.144. The van der Waals surface area contributed by atoms with Gasteiger partial charge in [-0.1, -0.05) is 0 Å². The van der Waals surface area contributed by atoms with E-state index in [9.17, 15) is 4.79 Å². The van der Waals surface area contributed by atoms with Crippen molar-refractivity contribution in [2.24, 2.45) is 0 Å². The third kappa shape index (κ3) is 4.17. The van der Waals surface area contributed by atoms with Gasteiger partial charge < -0.3 is 14.6 Å². The van der Waals surface area contributed by atoms with Crippen LogP contribution < -0.4 is 4.74 Å². The molecule has 0 saturated carbocycles. The first kappa shape index (κ1) is 17.4. The fraction of sp³-hybridized carbons (Fsp3) is 0.389. The number of carbonyl (C=O) groups is 1. The second-order valence-electron chi connectivity index (χ2n) is 5.99. The molecule has 2 aromatic heterocycles. The predicted molar refractivity (Wildman–Crippen MR) is 99.2 cm³/mol. The number of rotatable bonds is 7. The standard InChI is InChI=1S/C18H22N4O2S/c1-12-16(25-11-19-12)6-7-18(23)22(2)9-8-17-20-14-5-4-13(24-3)10-15(14)21-17/h4-5,10-11H,6-9H2,1-3H3,(H,20,21). The van der Waals surface area contributed by atoms with Crippen molar-refractivity contribution in [1.29, 1.82) is 0 Å². The van der Waals surface area contributed by atoms with Crippen LogP contribution in [-0.2, 0) is 17.6 Å². The van der Waals surface area contributed by atoms with Crippen molar-refractivity contribution in [3.63, 3.8) is 0 Å². The number of H-pyrrole nitrogens is 1. The lowest BCUT2D eigenvalue weighted by molar-refractivity contribution is -0.129. The highest BCUT2D eigenvalue weighted by molar-refractivity contribution is 7.09. The molecular weight excluding hydrogens is 336 g/mol. The summed E-state index contributed by atoms with van der Waals surface area (Å²) in [6.07, 6.45) is 1.96. The Labute approximate surface area is 150 Å². The van der Waals surface area contributed by atoms with Gasteiger partial charge in [0, 0.05) is 37.4 Å².